The fourth-order valence-electron chi connectivity index (χ4n) is 4.98. The van der Waals surface area contributed by atoms with Crippen molar-refractivity contribution in [2.24, 2.45) is 5.92 Å². The van der Waals surface area contributed by atoms with E-state index in [4.69, 9.17) is 9.68 Å². The van der Waals surface area contributed by atoms with Gasteiger partial charge in [-0.1, -0.05) is 60.7 Å². The van der Waals surface area contributed by atoms with Crippen LogP contribution in [0.15, 0.2) is 60.7 Å². The molecule has 148 valence electrons. The first-order valence-electron chi connectivity index (χ1n) is 10.5. The number of nitrogens with zero attached hydrogens (tertiary/aromatic N) is 2. The van der Waals surface area contributed by atoms with E-state index in [0.717, 1.165) is 12.8 Å². The standard InChI is InChI=1S/C24H30N2O2/c1-23(2,25-21(27-25)18-10-6-4-7-11-18)20-14-16-24(3,17-15-20)26-22(28-26)19-12-8-5-9-13-19/h4-13,20-22H,14-17H2,1-3H3. The zero-order chi connectivity index (χ0) is 19.4. The number of rotatable bonds is 5. The van der Waals surface area contributed by atoms with Gasteiger partial charge in [0.2, 0.25) is 0 Å². The zero-order valence-corrected chi connectivity index (χ0v) is 17.0. The van der Waals surface area contributed by atoms with Crippen molar-refractivity contribution in [3.8, 4) is 0 Å². The molecule has 2 saturated heterocycles. The van der Waals surface area contributed by atoms with Crippen molar-refractivity contribution < 1.29 is 9.68 Å². The molecule has 0 aromatic heterocycles. The van der Waals surface area contributed by atoms with Crippen LogP contribution in [0.2, 0.25) is 0 Å². The van der Waals surface area contributed by atoms with Crippen LogP contribution in [0.1, 0.15) is 70.0 Å². The summed E-state index contributed by atoms with van der Waals surface area (Å²) in [7, 11) is 0. The molecule has 28 heavy (non-hydrogen) atoms. The summed E-state index contributed by atoms with van der Waals surface area (Å²) in [6, 6.07) is 21.1. The van der Waals surface area contributed by atoms with E-state index < -0.39 is 0 Å². The average molecular weight is 379 g/mol. The van der Waals surface area contributed by atoms with Crippen LogP contribution in [0.3, 0.4) is 0 Å². The van der Waals surface area contributed by atoms with Gasteiger partial charge in [0, 0.05) is 11.1 Å². The quantitative estimate of drug-likeness (QED) is 0.633. The van der Waals surface area contributed by atoms with Gasteiger partial charge in [-0.3, -0.25) is 9.68 Å². The van der Waals surface area contributed by atoms with Crippen LogP contribution in [0.5, 0.6) is 0 Å². The van der Waals surface area contributed by atoms with Crippen molar-refractivity contribution in [3.05, 3.63) is 71.8 Å². The third kappa shape index (κ3) is 3.18. The lowest BCUT2D eigenvalue weighted by atomic mass is 9.70. The van der Waals surface area contributed by atoms with Crippen molar-refractivity contribution in [1.29, 1.82) is 0 Å². The fraction of sp³-hybridized carbons (Fsp3) is 0.500. The molecule has 0 radical (unpaired) electrons. The van der Waals surface area contributed by atoms with Gasteiger partial charge in [0.1, 0.15) is 0 Å². The lowest BCUT2D eigenvalue weighted by molar-refractivity contribution is -0.0171. The summed E-state index contributed by atoms with van der Waals surface area (Å²) in [5, 5.41) is 4.43. The van der Waals surface area contributed by atoms with E-state index in [9.17, 15) is 0 Å². The summed E-state index contributed by atoms with van der Waals surface area (Å²) in [5.41, 5.74) is 2.68. The van der Waals surface area contributed by atoms with Gasteiger partial charge in [-0.15, -0.1) is 10.1 Å². The summed E-state index contributed by atoms with van der Waals surface area (Å²) in [6.45, 7) is 7.04. The maximum absolute atomic E-state index is 6.01. The second-order valence-electron chi connectivity index (χ2n) is 9.31. The molecule has 5 rings (SSSR count). The third-order valence-corrected chi connectivity index (χ3v) is 7.09. The molecule has 2 aliphatic heterocycles. The Balaban J connectivity index is 1.20. The maximum atomic E-state index is 6.01. The van der Waals surface area contributed by atoms with Crippen LogP contribution >= 0.6 is 0 Å². The molecule has 0 bridgehead atoms. The molecule has 2 heterocycles. The van der Waals surface area contributed by atoms with E-state index in [-0.39, 0.29) is 23.5 Å². The number of hydroxylamine groups is 4. The first-order chi connectivity index (χ1) is 13.5. The Labute approximate surface area is 168 Å². The molecule has 1 saturated carbocycles. The summed E-state index contributed by atoms with van der Waals surface area (Å²) in [4.78, 5) is 12.0. The first-order valence-corrected chi connectivity index (χ1v) is 10.5. The molecule has 1 aliphatic carbocycles. The van der Waals surface area contributed by atoms with E-state index in [0.29, 0.717) is 5.92 Å². The van der Waals surface area contributed by atoms with Gasteiger partial charge in [0.15, 0.2) is 12.5 Å². The molecule has 3 fully saturated rings. The predicted octanol–water partition coefficient (Wildman–Crippen LogP) is 5.61. The topological polar surface area (TPSA) is 31.1 Å². The van der Waals surface area contributed by atoms with Crippen molar-refractivity contribution in [1.82, 2.24) is 10.1 Å². The SMILES string of the molecule is CC1(N2OC2c2ccccc2)CCC(C(C)(C)N2OC2c2ccccc2)CC1. The summed E-state index contributed by atoms with van der Waals surface area (Å²) in [5.74, 6) is 0.629. The zero-order valence-electron chi connectivity index (χ0n) is 17.0. The Kier molecular flexibility index (Phi) is 4.36. The summed E-state index contributed by atoms with van der Waals surface area (Å²) in [6.07, 6.45) is 4.97. The summed E-state index contributed by atoms with van der Waals surface area (Å²) >= 11 is 0. The lowest BCUT2D eigenvalue weighted by Gasteiger charge is -2.43. The number of hydrogen-bond acceptors (Lipinski definition) is 4. The van der Waals surface area contributed by atoms with Crippen LogP contribution in [-0.4, -0.2) is 21.2 Å². The summed E-state index contributed by atoms with van der Waals surface area (Å²) < 4.78 is 0. The van der Waals surface area contributed by atoms with Crippen LogP contribution < -0.4 is 0 Å². The van der Waals surface area contributed by atoms with Crippen molar-refractivity contribution in [2.45, 2.75) is 70.0 Å². The van der Waals surface area contributed by atoms with Crippen LogP contribution in [0.25, 0.3) is 0 Å². The Morgan fingerprint density at radius 3 is 1.93 bits per heavy atom. The molecule has 4 unspecified atom stereocenters. The molecular weight excluding hydrogens is 348 g/mol. The molecule has 0 spiro atoms. The van der Waals surface area contributed by atoms with Gasteiger partial charge in [-0.2, -0.15) is 0 Å². The second kappa shape index (κ2) is 6.67. The Morgan fingerprint density at radius 1 is 0.821 bits per heavy atom. The monoisotopic (exact) mass is 378 g/mol. The molecule has 0 N–H and O–H groups in total. The largest absolute Gasteiger partial charge is 0.269 e. The van der Waals surface area contributed by atoms with Gasteiger partial charge in [0.05, 0.1) is 0 Å². The molecule has 2 aromatic carbocycles. The lowest BCUT2D eigenvalue weighted by Crippen LogP contribution is -2.46. The molecular formula is C24H30N2O2. The van der Waals surface area contributed by atoms with Crippen molar-refractivity contribution in [2.75, 3.05) is 0 Å². The molecule has 0 amide bonds. The highest BCUT2D eigenvalue weighted by atomic mass is 16.8. The van der Waals surface area contributed by atoms with Crippen molar-refractivity contribution >= 4 is 0 Å². The van der Waals surface area contributed by atoms with Gasteiger partial charge < -0.3 is 0 Å². The Bertz CT molecular complexity index is 815. The number of benzene rings is 2. The van der Waals surface area contributed by atoms with E-state index in [2.05, 4.69) is 91.6 Å². The Hall–Kier alpha value is -1.72. The maximum Gasteiger partial charge on any atom is 0.180 e. The van der Waals surface area contributed by atoms with Crippen LogP contribution in [0, 0.1) is 5.92 Å². The van der Waals surface area contributed by atoms with E-state index in [1.807, 2.05) is 0 Å². The Morgan fingerprint density at radius 2 is 1.36 bits per heavy atom. The number of hydrogen-bond donors (Lipinski definition) is 0. The van der Waals surface area contributed by atoms with E-state index >= 15 is 0 Å². The highest BCUT2D eigenvalue weighted by Crippen LogP contribution is 2.54. The van der Waals surface area contributed by atoms with E-state index in [1.165, 1.54) is 24.0 Å². The minimum atomic E-state index is 0.0421. The van der Waals surface area contributed by atoms with Crippen molar-refractivity contribution in [3.63, 3.8) is 0 Å². The van der Waals surface area contributed by atoms with Gasteiger partial charge in [-0.05, 0) is 63.5 Å². The minimum absolute atomic E-state index is 0.0421. The molecule has 2 aromatic rings. The minimum Gasteiger partial charge on any atom is -0.269 e. The molecule has 4 heteroatoms. The first kappa shape index (κ1) is 18.3. The smallest absolute Gasteiger partial charge is 0.180 e. The highest BCUT2D eigenvalue weighted by molar-refractivity contribution is 5.21. The third-order valence-electron chi connectivity index (χ3n) is 7.09. The second-order valence-corrected chi connectivity index (χ2v) is 9.31. The fourth-order valence-corrected chi connectivity index (χ4v) is 4.98. The van der Waals surface area contributed by atoms with Gasteiger partial charge in [0.25, 0.3) is 0 Å². The van der Waals surface area contributed by atoms with Crippen LogP contribution in [0.4, 0.5) is 0 Å². The average Bonchev–Trinajstić information content (AvgIpc) is 3.63. The normalized spacial score (nSPS) is 37.5. The highest BCUT2D eigenvalue weighted by Gasteiger charge is 2.56. The van der Waals surface area contributed by atoms with Gasteiger partial charge in [-0.25, -0.2) is 0 Å². The van der Waals surface area contributed by atoms with Gasteiger partial charge >= 0.3 is 0 Å². The van der Waals surface area contributed by atoms with E-state index in [1.54, 1.807) is 0 Å². The van der Waals surface area contributed by atoms with Crippen LogP contribution in [-0.2, 0) is 9.68 Å². The molecule has 4 atom stereocenters. The molecule has 3 aliphatic rings. The molecule has 4 nitrogen and oxygen atoms in total. The predicted molar refractivity (Wildman–Crippen MR) is 109 cm³/mol.